The van der Waals surface area contributed by atoms with Crippen molar-refractivity contribution in [3.05, 3.63) is 51.3 Å². The number of hydrogen-bond donors (Lipinski definition) is 2. The number of rotatable bonds is 5. The molecule has 0 fully saturated rings. The number of benzene rings is 1. The Morgan fingerprint density at radius 3 is 2.67 bits per heavy atom. The molecular weight excluding hydrogens is 296 g/mol. The standard InChI is InChI=1S/C12H14N4O4S/c1-8-4-3-5-11(16(17)18)12(8)21(19,20)14-7-10-6-13-15-9(10)2/h3-6,14H,7H2,1-2H3,(H,13,15). The van der Waals surface area contributed by atoms with Gasteiger partial charge in [0.05, 0.1) is 11.1 Å². The number of aromatic amines is 1. The molecule has 0 spiro atoms. The first-order chi connectivity index (χ1) is 9.83. The Balaban J connectivity index is 2.36. The van der Waals surface area contributed by atoms with Crippen LogP contribution in [0.15, 0.2) is 29.3 Å². The Bertz CT molecular complexity index is 782. The summed E-state index contributed by atoms with van der Waals surface area (Å²) in [5.74, 6) is 0. The van der Waals surface area contributed by atoms with Crippen LogP contribution in [0.3, 0.4) is 0 Å². The van der Waals surface area contributed by atoms with Crippen molar-refractivity contribution in [1.29, 1.82) is 0 Å². The van der Waals surface area contributed by atoms with E-state index in [1.807, 2.05) is 0 Å². The number of nitro groups is 1. The predicted molar refractivity (Wildman–Crippen MR) is 75.2 cm³/mol. The third-order valence-corrected chi connectivity index (χ3v) is 4.64. The highest BCUT2D eigenvalue weighted by Gasteiger charge is 2.27. The van der Waals surface area contributed by atoms with E-state index < -0.39 is 20.6 Å². The highest BCUT2D eigenvalue weighted by atomic mass is 32.2. The van der Waals surface area contributed by atoms with E-state index in [0.29, 0.717) is 11.1 Å². The first-order valence-corrected chi connectivity index (χ1v) is 7.54. The topological polar surface area (TPSA) is 118 Å². The molecule has 2 N–H and O–H groups in total. The summed E-state index contributed by atoms with van der Waals surface area (Å²) in [6, 6.07) is 4.14. The van der Waals surface area contributed by atoms with E-state index in [4.69, 9.17) is 0 Å². The van der Waals surface area contributed by atoms with E-state index in [9.17, 15) is 18.5 Å². The van der Waals surface area contributed by atoms with Gasteiger partial charge in [0.15, 0.2) is 4.90 Å². The predicted octanol–water partition coefficient (Wildman–Crippen LogP) is 1.41. The number of nitrogens with one attached hydrogen (secondary N) is 2. The quantitative estimate of drug-likeness (QED) is 0.639. The fraction of sp³-hybridized carbons (Fsp3) is 0.250. The molecule has 0 aliphatic carbocycles. The van der Waals surface area contributed by atoms with Gasteiger partial charge < -0.3 is 0 Å². The molecule has 9 heteroatoms. The minimum absolute atomic E-state index is 0.0101. The van der Waals surface area contributed by atoms with Gasteiger partial charge in [-0.1, -0.05) is 12.1 Å². The van der Waals surface area contributed by atoms with E-state index in [1.54, 1.807) is 6.92 Å². The van der Waals surface area contributed by atoms with Crippen LogP contribution in [0.2, 0.25) is 0 Å². The minimum atomic E-state index is -3.99. The van der Waals surface area contributed by atoms with E-state index in [0.717, 1.165) is 5.69 Å². The average molecular weight is 310 g/mol. The molecule has 1 aromatic carbocycles. The van der Waals surface area contributed by atoms with Gasteiger partial charge in [0.2, 0.25) is 10.0 Å². The van der Waals surface area contributed by atoms with Crippen LogP contribution in [0.5, 0.6) is 0 Å². The van der Waals surface area contributed by atoms with Crippen LogP contribution < -0.4 is 4.72 Å². The van der Waals surface area contributed by atoms with Crippen LogP contribution in [0, 0.1) is 24.0 Å². The number of nitrogens with zero attached hydrogens (tertiary/aromatic N) is 2. The molecule has 0 amide bonds. The molecule has 0 aliphatic heterocycles. The molecule has 0 unspecified atom stereocenters. The van der Waals surface area contributed by atoms with E-state index in [2.05, 4.69) is 14.9 Å². The van der Waals surface area contributed by atoms with Crippen molar-refractivity contribution in [2.24, 2.45) is 0 Å². The number of nitro benzene ring substituents is 1. The van der Waals surface area contributed by atoms with Gasteiger partial charge in [0.1, 0.15) is 0 Å². The van der Waals surface area contributed by atoms with Crippen molar-refractivity contribution in [3.8, 4) is 0 Å². The van der Waals surface area contributed by atoms with Gasteiger partial charge in [-0.15, -0.1) is 0 Å². The average Bonchev–Trinajstić information content (AvgIpc) is 2.81. The Morgan fingerprint density at radius 2 is 2.10 bits per heavy atom. The van der Waals surface area contributed by atoms with Crippen molar-refractivity contribution in [1.82, 2.24) is 14.9 Å². The summed E-state index contributed by atoms with van der Waals surface area (Å²) in [5, 5.41) is 17.5. The smallest absolute Gasteiger partial charge is 0.283 e. The molecule has 0 atom stereocenters. The lowest BCUT2D eigenvalue weighted by molar-refractivity contribution is -0.387. The second-order valence-electron chi connectivity index (χ2n) is 4.53. The summed E-state index contributed by atoms with van der Waals surface area (Å²) in [6.07, 6.45) is 1.50. The maximum absolute atomic E-state index is 12.3. The Morgan fingerprint density at radius 1 is 1.38 bits per heavy atom. The van der Waals surface area contributed by atoms with E-state index in [-0.39, 0.29) is 11.4 Å². The zero-order chi connectivity index (χ0) is 15.6. The number of H-pyrrole nitrogens is 1. The lowest BCUT2D eigenvalue weighted by Gasteiger charge is -2.09. The Labute approximate surface area is 121 Å². The van der Waals surface area contributed by atoms with Gasteiger partial charge in [-0.25, -0.2) is 13.1 Å². The maximum atomic E-state index is 12.3. The molecule has 2 rings (SSSR count). The van der Waals surface area contributed by atoms with Gasteiger partial charge in [-0.05, 0) is 19.4 Å². The number of hydrogen-bond acceptors (Lipinski definition) is 5. The molecule has 2 aromatic rings. The van der Waals surface area contributed by atoms with Gasteiger partial charge in [-0.2, -0.15) is 5.10 Å². The first-order valence-electron chi connectivity index (χ1n) is 6.05. The molecule has 21 heavy (non-hydrogen) atoms. The zero-order valence-corrected chi connectivity index (χ0v) is 12.3. The van der Waals surface area contributed by atoms with Crippen LogP contribution >= 0.6 is 0 Å². The minimum Gasteiger partial charge on any atom is -0.283 e. The third-order valence-electron chi connectivity index (χ3n) is 3.04. The van der Waals surface area contributed by atoms with Crippen molar-refractivity contribution in [2.45, 2.75) is 25.3 Å². The normalized spacial score (nSPS) is 11.5. The summed E-state index contributed by atoms with van der Waals surface area (Å²) in [5.41, 5.74) is 1.29. The van der Waals surface area contributed by atoms with Crippen LogP contribution in [0.4, 0.5) is 5.69 Å². The molecule has 0 saturated carbocycles. The van der Waals surface area contributed by atoms with Crippen LogP contribution in [-0.4, -0.2) is 23.5 Å². The van der Waals surface area contributed by atoms with Crippen molar-refractivity contribution in [3.63, 3.8) is 0 Å². The van der Waals surface area contributed by atoms with Crippen LogP contribution in [0.25, 0.3) is 0 Å². The molecule has 112 valence electrons. The zero-order valence-electron chi connectivity index (χ0n) is 11.5. The molecular formula is C12H14N4O4S. The van der Waals surface area contributed by atoms with Gasteiger partial charge in [-0.3, -0.25) is 15.2 Å². The van der Waals surface area contributed by atoms with Gasteiger partial charge in [0.25, 0.3) is 5.69 Å². The van der Waals surface area contributed by atoms with Gasteiger partial charge >= 0.3 is 0 Å². The summed E-state index contributed by atoms with van der Waals surface area (Å²) in [4.78, 5) is 9.99. The van der Waals surface area contributed by atoms with Gasteiger partial charge in [0, 0.05) is 23.9 Å². The molecule has 1 aromatic heterocycles. The second-order valence-corrected chi connectivity index (χ2v) is 6.23. The molecule has 0 aliphatic rings. The number of aryl methyl sites for hydroxylation is 2. The number of sulfonamides is 1. The third kappa shape index (κ3) is 3.09. The first kappa shape index (κ1) is 15.1. The maximum Gasteiger partial charge on any atom is 0.289 e. The largest absolute Gasteiger partial charge is 0.289 e. The summed E-state index contributed by atoms with van der Waals surface area (Å²) in [7, 11) is -3.99. The summed E-state index contributed by atoms with van der Waals surface area (Å²) in [6.45, 7) is 3.29. The van der Waals surface area contributed by atoms with Crippen molar-refractivity contribution >= 4 is 15.7 Å². The van der Waals surface area contributed by atoms with Crippen molar-refractivity contribution in [2.75, 3.05) is 0 Å². The fourth-order valence-electron chi connectivity index (χ4n) is 1.93. The highest BCUT2D eigenvalue weighted by molar-refractivity contribution is 7.89. The summed E-state index contributed by atoms with van der Waals surface area (Å²) >= 11 is 0. The van der Waals surface area contributed by atoms with E-state index >= 15 is 0 Å². The number of aromatic nitrogens is 2. The lowest BCUT2D eigenvalue weighted by atomic mass is 10.2. The lowest BCUT2D eigenvalue weighted by Crippen LogP contribution is -2.25. The van der Waals surface area contributed by atoms with E-state index in [1.165, 1.54) is 31.3 Å². The molecule has 1 heterocycles. The molecule has 0 saturated heterocycles. The SMILES string of the molecule is Cc1cccc([N+](=O)[O-])c1S(=O)(=O)NCc1cn[nH]c1C. The fourth-order valence-corrected chi connectivity index (χ4v) is 3.33. The monoisotopic (exact) mass is 310 g/mol. The Kier molecular flexibility index (Phi) is 4.05. The molecule has 0 radical (unpaired) electrons. The highest BCUT2D eigenvalue weighted by Crippen LogP contribution is 2.26. The Hall–Kier alpha value is -2.26. The van der Waals surface area contributed by atoms with Crippen LogP contribution in [0.1, 0.15) is 16.8 Å². The van der Waals surface area contributed by atoms with Crippen LogP contribution in [-0.2, 0) is 16.6 Å². The summed E-state index contributed by atoms with van der Waals surface area (Å²) < 4.78 is 27.0. The van der Waals surface area contributed by atoms with Crippen molar-refractivity contribution < 1.29 is 13.3 Å². The molecule has 0 bridgehead atoms. The molecule has 8 nitrogen and oxygen atoms in total. The second kappa shape index (κ2) is 5.62.